The number of rotatable bonds is 1. The van der Waals surface area contributed by atoms with Gasteiger partial charge in [-0.2, -0.15) is 0 Å². The predicted octanol–water partition coefficient (Wildman–Crippen LogP) is 1.32. The molecule has 5 heteroatoms. The lowest BCUT2D eigenvalue weighted by Gasteiger charge is -2.07. The normalized spacial score (nSPS) is 17.3. The van der Waals surface area contributed by atoms with Crippen LogP contribution in [0, 0.1) is 0 Å². The molecule has 0 saturated carbocycles. The van der Waals surface area contributed by atoms with E-state index in [-0.39, 0.29) is 30.2 Å². The zero-order valence-electron chi connectivity index (χ0n) is 8.19. The van der Waals surface area contributed by atoms with E-state index in [2.05, 4.69) is 10.1 Å². The number of halogens is 1. The zero-order chi connectivity index (χ0) is 10.1. The minimum atomic E-state index is -0.372. The van der Waals surface area contributed by atoms with E-state index >= 15 is 0 Å². The van der Waals surface area contributed by atoms with Gasteiger partial charge < -0.3 is 15.2 Å². The molecular weight excluding hydrogens is 218 g/mol. The maximum absolute atomic E-state index is 11.2. The summed E-state index contributed by atoms with van der Waals surface area (Å²) in [5, 5.41) is 12.5. The Morgan fingerprint density at radius 3 is 2.93 bits per heavy atom. The Morgan fingerprint density at radius 1 is 1.60 bits per heavy atom. The van der Waals surface area contributed by atoms with Gasteiger partial charge in [0.2, 0.25) is 0 Å². The summed E-state index contributed by atoms with van der Waals surface area (Å²) in [5.41, 5.74) is 1.59. The van der Waals surface area contributed by atoms with Gasteiger partial charge in [-0.15, -0.1) is 12.4 Å². The molecule has 1 aliphatic heterocycles. The van der Waals surface area contributed by atoms with Crippen molar-refractivity contribution in [3.63, 3.8) is 0 Å². The molecule has 2 rings (SSSR count). The van der Waals surface area contributed by atoms with Crippen molar-refractivity contribution in [2.45, 2.75) is 12.5 Å². The van der Waals surface area contributed by atoms with Gasteiger partial charge in [0.15, 0.2) is 0 Å². The number of ether oxygens (including phenoxy) is 1. The number of fused-ring (bicyclic) bond motifs is 1. The number of esters is 1. The molecule has 2 N–H and O–H groups in total. The summed E-state index contributed by atoms with van der Waals surface area (Å²) in [5.74, 6) is -0.0815. The second-order valence-electron chi connectivity index (χ2n) is 3.23. The molecule has 1 aliphatic rings. The first-order valence-corrected chi connectivity index (χ1v) is 4.37. The van der Waals surface area contributed by atoms with Gasteiger partial charge in [0.25, 0.3) is 0 Å². The first-order chi connectivity index (χ1) is 6.72. The second kappa shape index (κ2) is 4.40. The highest BCUT2D eigenvalue weighted by atomic mass is 35.5. The fourth-order valence-corrected chi connectivity index (χ4v) is 1.65. The second-order valence-corrected chi connectivity index (χ2v) is 3.23. The Labute approximate surface area is 93.7 Å². The number of phenols is 1. The van der Waals surface area contributed by atoms with Gasteiger partial charge in [-0.25, -0.2) is 4.79 Å². The number of carbonyl (C=O) groups excluding carboxylic acids is 1. The number of methoxy groups -OCH3 is 1. The predicted molar refractivity (Wildman–Crippen MR) is 58.5 cm³/mol. The van der Waals surface area contributed by atoms with Crippen molar-refractivity contribution in [1.29, 1.82) is 0 Å². The molecule has 0 aromatic heterocycles. The van der Waals surface area contributed by atoms with E-state index in [0.29, 0.717) is 6.42 Å². The quantitative estimate of drug-likeness (QED) is 0.714. The van der Waals surface area contributed by atoms with Crippen LogP contribution in [-0.2, 0) is 16.0 Å². The Balaban J connectivity index is 0.00000112. The van der Waals surface area contributed by atoms with Crippen LogP contribution < -0.4 is 5.32 Å². The molecule has 1 unspecified atom stereocenters. The number of aromatic hydroxyl groups is 1. The summed E-state index contributed by atoms with van der Waals surface area (Å²) >= 11 is 0. The third-order valence-corrected chi connectivity index (χ3v) is 2.37. The van der Waals surface area contributed by atoms with Crippen molar-refractivity contribution in [1.82, 2.24) is 0 Å². The number of phenolic OH excluding ortho intramolecular Hbond substituents is 1. The monoisotopic (exact) mass is 229 g/mol. The zero-order valence-corrected chi connectivity index (χ0v) is 9.00. The average molecular weight is 230 g/mol. The fourth-order valence-electron chi connectivity index (χ4n) is 1.65. The number of carbonyl (C=O) groups is 1. The number of hydrogen-bond acceptors (Lipinski definition) is 4. The van der Waals surface area contributed by atoms with Gasteiger partial charge in [0, 0.05) is 17.7 Å². The van der Waals surface area contributed by atoms with Crippen molar-refractivity contribution in [2.24, 2.45) is 0 Å². The van der Waals surface area contributed by atoms with Crippen molar-refractivity contribution in [3.8, 4) is 5.75 Å². The van der Waals surface area contributed by atoms with Crippen LogP contribution in [0.3, 0.4) is 0 Å². The van der Waals surface area contributed by atoms with Crippen molar-refractivity contribution >= 4 is 24.1 Å². The van der Waals surface area contributed by atoms with Gasteiger partial charge in [0.05, 0.1) is 7.11 Å². The summed E-state index contributed by atoms with van der Waals surface area (Å²) < 4.78 is 4.62. The van der Waals surface area contributed by atoms with E-state index in [0.717, 1.165) is 11.3 Å². The van der Waals surface area contributed by atoms with E-state index in [9.17, 15) is 9.90 Å². The number of nitrogens with one attached hydrogen (secondary N) is 1. The summed E-state index contributed by atoms with van der Waals surface area (Å²) in [6, 6.07) is 4.81. The Morgan fingerprint density at radius 2 is 2.33 bits per heavy atom. The molecule has 1 atom stereocenters. The molecule has 0 radical (unpaired) electrons. The highest BCUT2D eigenvalue weighted by Crippen LogP contribution is 2.32. The fraction of sp³-hybridized carbons (Fsp3) is 0.300. The molecular formula is C10H12ClNO3. The van der Waals surface area contributed by atoms with E-state index < -0.39 is 0 Å². The third kappa shape index (κ3) is 1.99. The highest BCUT2D eigenvalue weighted by Gasteiger charge is 2.28. The number of anilines is 1. The number of hydrogen-bond donors (Lipinski definition) is 2. The molecule has 0 aliphatic carbocycles. The first kappa shape index (κ1) is 11.7. The van der Waals surface area contributed by atoms with Crippen molar-refractivity contribution in [3.05, 3.63) is 23.8 Å². The van der Waals surface area contributed by atoms with Crippen molar-refractivity contribution < 1.29 is 14.6 Å². The minimum absolute atomic E-state index is 0. The van der Waals surface area contributed by atoms with Crippen LogP contribution in [0.1, 0.15) is 5.56 Å². The molecule has 1 aromatic carbocycles. The minimum Gasteiger partial charge on any atom is -0.508 e. The van der Waals surface area contributed by atoms with Gasteiger partial charge in [-0.05, 0) is 12.1 Å². The Bertz CT molecular complexity index is 381. The summed E-state index contributed by atoms with van der Waals surface area (Å²) in [7, 11) is 1.35. The van der Waals surface area contributed by atoms with Gasteiger partial charge >= 0.3 is 5.97 Å². The van der Waals surface area contributed by atoms with Gasteiger partial charge in [-0.1, -0.05) is 6.07 Å². The lowest BCUT2D eigenvalue weighted by molar-refractivity contribution is -0.141. The van der Waals surface area contributed by atoms with Crippen molar-refractivity contribution in [2.75, 3.05) is 12.4 Å². The molecule has 0 saturated heterocycles. The van der Waals surface area contributed by atoms with Crippen LogP contribution >= 0.6 is 12.4 Å². The average Bonchev–Trinajstić information content (AvgIpc) is 2.62. The van der Waals surface area contributed by atoms with Crippen LogP contribution in [0.4, 0.5) is 5.69 Å². The van der Waals surface area contributed by atoms with Crippen LogP contribution in [0.25, 0.3) is 0 Å². The van der Waals surface area contributed by atoms with Crippen LogP contribution in [-0.4, -0.2) is 24.2 Å². The van der Waals surface area contributed by atoms with Gasteiger partial charge in [0.1, 0.15) is 11.8 Å². The van der Waals surface area contributed by atoms with Crippen LogP contribution in [0.15, 0.2) is 18.2 Å². The summed E-state index contributed by atoms with van der Waals surface area (Å²) in [6.45, 7) is 0. The van der Waals surface area contributed by atoms with E-state index in [1.165, 1.54) is 7.11 Å². The molecule has 1 heterocycles. The Hall–Kier alpha value is -1.42. The standard InChI is InChI=1S/C10H11NO3.ClH/c1-14-10(13)8-5-6-7(11-8)3-2-4-9(6)12;/h2-4,8,11-12H,5H2,1H3;1H. The van der Waals surface area contributed by atoms with E-state index in [1.54, 1.807) is 12.1 Å². The SMILES string of the molecule is COC(=O)C1Cc2c(O)cccc2N1.Cl. The molecule has 0 bridgehead atoms. The smallest absolute Gasteiger partial charge is 0.328 e. The molecule has 0 amide bonds. The first-order valence-electron chi connectivity index (χ1n) is 4.37. The summed E-state index contributed by atoms with van der Waals surface area (Å²) in [6.07, 6.45) is 0.481. The lowest BCUT2D eigenvalue weighted by atomic mass is 10.1. The summed E-state index contributed by atoms with van der Waals surface area (Å²) in [4.78, 5) is 11.2. The molecule has 0 fully saturated rings. The van der Waals surface area contributed by atoms with Crippen LogP contribution in [0.5, 0.6) is 5.75 Å². The topological polar surface area (TPSA) is 58.6 Å². The van der Waals surface area contributed by atoms with E-state index in [1.807, 2.05) is 6.07 Å². The van der Waals surface area contributed by atoms with Gasteiger partial charge in [-0.3, -0.25) is 0 Å². The maximum Gasteiger partial charge on any atom is 0.328 e. The maximum atomic E-state index is 11.2. The lowest BCUT2D eigenvalue weighted by Crippen LogP contribution is -2.27. The highest BCUT2D eigenvalue weighted by molar-refractivity contribution is 5.85. The third-order valence-electron chi connectivity index (χ3n) is 2.37. The van der Waals surface area contributed by atoms with E-state index in [4.69, 9.17) is 0 Å². The molecule has 82 valence electrons. The molecule has 0 spiro atoms. The Kier molecular flexibility index (Phi) is 3.42. The largest absolute Gasteiger partial charge is 0.508 e. The number of benzene rings is 1. The molecule has 4 nitrogen and oxygen atoms in total. The molecule has 15 heavy (non-hydrogen) atoms. The molecule has 1 aromatic rings. The van der Waals surface area contributed by atoms with Crippen LogP contribution in [0.2, 0.25) is 0 Å².